The molecule has 0 spiro atoms. The number of aromatic nitrogens is 1. The Bertz CT molecular complexity index is 376. The van der Waals surface area contributed by atoms with Crippen LogP contribution in [0.1, 0.15) is 34.1 Å². The maximum absolute atomic E-state index is 11.1. The van der Waals surface area contributed by atoms with E-state index >= 15 is 0 Å². The van der Waals surface area contributed by atoms with Gasteiger partial charge < -0.3 is 15.5 Å². The first-order chi connectivity index (χ1) is 10.3. The molecule has 22 heavy (non-hydrogen) atoms. The number of pyridine rings is 1. The molecular formula is C16H33N4OP. The standard InChI is InChI=1S/C12H18N4O.2C2H6.H3P/c1-13-12(17)15-8-10-5-7-16(9-10)11-4-2-3-6-14-11;2*1-2;/h2-4,6,10H,5,7-9H2,1H3,(H2,13,15,17);2*1-2H3;1H3. The Kier molecular flexibility index (Phi) is 15.2. The van der Waals surface area contributed by atoms with Gasteiger partial charge in [-0.25, -0.2) is 9.78 Å². The lowest BCUT2D eigenvalue weighted by atomic mass is 10.1. The van der Waals surface area contributed by atoms with Gasteiger partial charge in [0, 0.05) is 32.9 Å². The molecule has 1 saturated heterocycles. The minimum Gasteiger partial charge on any atom is -0.356 e. The van der Waals surface area contributed by atoms with E-state index in [1.165, 1.54) is 0 Å². The van der Waals surface area contributed by atoms with Gasteiger partial charge in [-0.1, -0.05) is 33.8 Å². The largest absolute Gasteiger partial charge is 0.356 e. The Hall–Kier alpha value is -1.35. The van der Waals surface area contributed by atoms with Crippen molar-refractivity contribution >= 4 is 21.7 Å². The smallest absolute Gasteiger partial charge is 0.314 e. The molecule has 5 nitrogen and oxygen atoms in total. The summed E-state index contributed by atoms with van der Waals surface area (Å²) in [5.74, 6) is 1.53. The topological polar surface area (TPSA) is 57.3 Å². The number of nitrogens with one attached hydrogen (secondary N) is 2. The number of rotatable bonds is 3. The van der Waals surface area contributed by atoms with Gasteiger partial charge >= 0.3 is 6.03 Å². The van der Waals surface area contributed by atoms with Gasteiger partial charge in [-0.15, -0.1) is 0 Å². The van der Waals surface area contributed by atoms with Crippen molar-refractivity contribution in [3.63, 3.8) is 0 Å². The number of carbonyl (C=O) groups excluding carboxylic acids is 1. The fourth-order valence-electron chi connectivity index (χ4n) is 2.07. The van der Waals surface area contributed by atoms with Crippen LogP contribution >= 0.6 is 9.90 Å². The fourth-order valence-corrected chi connectivity index (χ4v) is 2.07. The molecule has 0 aliphatic carbocycles. The van der Waals surface area contributed by atoms with Gasteiger partial charge in [-0.3, -0.25) is 0 Å². The summed E-state index contributed by atoms with van der Waals surface area (Å²) in [5.41, 5.74) is 0. The molecule has 1 aliphatic rings. The second-order valence-electron chi connectivity index (χ2n) is 4.25. The van der Waals surface area contributed by atoms with Gasteiger partial charge in [0.2, 0.25) is 0 Å². The number of carbonyl (C=O) groups is 1. The van der Waals surface area contributed by atoms with Crippen molar-refractivity contribution in [3.8, 4) is 0 Å². The zero-order valence-electron chi connectivity index (χ0n) is 14.7. The quantitative estimate of drug-likeness (QED) is 0.839. The van der Waals surface area contributed by atoms with Crippen LogP contribution in [-0.2, 0) is 0 Å². The molecule has 2 amide bonds. The minimum atomic E-state index is -0.110. The molecule has 1 aromatic rings. The van der Waals surface area contributed by atoms with Crippen molar-refractivity contribution in [2.24, 2.45) is 5.92 Å². The maximum Gasteiger partial charge on any atom is 0.314 e. The molecule has 2 N–H and O–H groups in total. The van der Waals surface area contributed by atoms with Crippen molar-refractivity contribution in [2.45, 2.75) is 34.1 Å². The number of urea groups is 1. The predicted octanol–water partition coefficient (Wildman–Crippen LogP) is 2.95. The monoisotopic (exact) mass is 328 g/mol. The minimum absolute atomic E-state index is 0. The highest BCUT2D eigenvalue weighted by molar-refractivity contribution is 6.92. The SMILES string of the molecule is CC.CC.CNC(=O)NCC1CCN(c2ccccn2)C1.P. The summed E-state index contributed by atoms with van der Waals surface area (Å²) in [4.78, 5) is 17.7. The van der Waals surface area contributed by atoms with Crippen molar-refractivity contribution in [2.75, 3.05) is 31.6 Å². The molecule has 1 aromatic heterocycles. The van der Waals surface area contributed by atoms with Crippen molar-refractivity contribution in [1.82, 2.24) is 15.6 Å². The molecule has 2 rings (SSSR count). The van der Waals surface area contributed by atoms with Crippen LogP contribution in [0.5, 0.6) is 0 Å². The Balaban J connectivity index is 0. The van der Waals surface area contributed by atoms with Gasteiger partial charge in [0.25, 0.3) is 0 Å². The van der Waals surface area contributed by atoms with E-state index in [-0.39, 0.29) is 15.9 Å². The van der Waals surface area contributed by atoms with Crippen LogP contribution in [0, 0.1) is 5.92 Å². The average molecular weight is 328 g/mol. The van der Waals surface area contributed by atoms with Crippen molar-refractivity contribution in [3.05, 3.63) is 24.4 Å². The van der Waals surface area contributed by atoms with E-state index in [0.29, 0.717) is 5.92 Å². The Morgan fingerprint density at radius 1 is 1.32 bits per heavy atom. The highest BCUT2D eigenvalue weighted by Crippen LogP contribution is 2.20. The molecule has 0 saturated carbocycles. The summed E-state index contributed by atoms with van der Waals surface area (Å²) in [6.45, 7) is 10.7. The summed E-state index contributed by atoms with van der Waals surface area (Å²) < 4.78 is 0. The third-order valence-electron chi connectivity index (χ3n) is 3.04. The molecule has 6 heteroatoms. The van der Waals surface area contributed by atoms with Crippen LogP contribution in [0.2, 0.25) is 0 Å². The highest BCUT2D eigenvalue weighted by atomic mass is 31.0. The fraction of sp³-hybridized carbons (Fsp3) is 0.625. The third-order valence-corrected chi connectivity index (χ3v) is 3.04. The van der Waals surface area contributed by atoms with E-state index in [1.54, 1.807) is 7.05 Å². The lowest BCUT2D eigenvalue weighted by Gasteiger charge is -2.17. The van der Waals surface area contributed by atoms with E-state index < -0.39 is 0 Å². The average Bonchev–Trinajstić information content (AvgIpc) is 3.06. The van der Waals surface area contributed by atoms with E-state index in [9.17, 15) is 4.79 Å². The van der Waals surface area contributed by atoms with Crippen molar-refractivity contribution < 1.29 is 4.79 Å². The Morgan fingerprint density at radius 2 is 2.00 bits per heavy atom. The molecule has 128 valence electrons. The van der Waals surface area contributed by atoms with E-state index in [1.807, 2.05) is 52.1 Å². The molecule has 1 aliphatic heterocycles. The number of anilines is 1. The van der Waals surface area contributed by atoms with Crippen LogP contribution < -0.4 is 15.5 Å². The molecule has 0 aromatic carbocycles. The van der Waals surface area contributed by atoms with Crippen LogP contribution in [-0.4, -0.2) is 37.7 Å². The van der Waals surface area contributed by atoms with Crippen LogP contribution in [0.15, 0.2) is 24.4 Å². The molecule has 2 atom stereocenters. The van der Waals surface area contributed by atoms with Crippen LogP contribution in [0.25, 0.3) is 0 Å². The molecular weight excluding hydrogens is 295 g/mol. The molecule has 0 radical (unpaired) electrons. The second kappa shape index (κ2) is 14.6. The van der Waals surface area contributed by atoms with E-state index in [2.05, 4.69) is 20.5 Å². The van der Waals surface area contributed by atoms with E-state index in [0.717, 1.165) is 31.9 Å². The summed E-state index contributed by atoms with van der Waals surface area (Å²) in [5, 5.41) is 5.40. The molecule has 2 heterocycles. The Labute approximate surface area is 138 Å². The lowest BCUT2D eigenvalue weighted by Crippen LogP contribution is -2.36. The maximum atomic E-state index is 11.1. The Morgan fingerprint density at radius 3 is 2.55 bits per heavy atom. The number of hydrogen-bond donors (Lipinski definition) is 2. The first-order valence-corrected chi connectivity index (χ1v) is 7.91. The van der Waals surface area contributed by atoms with Gasteiger partial charge in [0.05, 0.1) is 0 Å². The summed E-state index contributed by atoms with van der Waals surface area (Å²) in [7, 11) is 1.63. The van der Waals surface area contributed by atoms with E-state index in [4.69, 9.17) is 0 Å². The normalized spacial score (nSPS) is 15.3. The third kappa shape index (κ3) is 8.18. The first kappa shape index (κ1) is 22.9. The number of hydrogen-bond acceptors (Lipinski definition) is 3. The summed E-state index contributed by atoms with van der Waals surface area (Å²) in [6.07, 6.45) is 2.91. The van der Waals surface area contributed by atoms with Gasteiger partial charge in [-0.05, 0) is 24.5 Å². The van der Waals surface area contributed by atoms with Crippen LogP contribution in [0.3, 0.4) is 0 Å². The predicted molar refractivity (Wildman–Crippen MR) is 101 cm³/mol. The lowest BCUT2D eigenvalue weighted by molar-refractivity contribution is 0.241. The second-order valence-corrected chi connectivity index (χ2v) is 4.25. The van der Waals surface area contributed by atoms with Gasteiger partial charge in [0.15, 0.2) is 0 Å². The molecule has 0 bridgehead atoms. The zero-order chi connectivity index (χ0) is 16.1. The zero-order valence-corrected chi connectivity index (χ0v) is 16.1. The summed E-state index contributed by atoms with van der Waals surface area (Å²) >= 11 is 0. The van der Waals surface area contributed by atoms with Crippen LogP contribution in [0.4, 0.5) is 10.6 Å². The number of nitrogens with zero attached hydrogens (tertiary/aromatic N) is 2. The number of amides is 2. The summed E-state index contributed by atoms with van der Waals surface area (Å²) in [6, 6.07) is 5.83. The van der Waals surface area contributed by atoms with Gasteiger partial charge in [0.1, 0.15) is 5.82 Å². The van der Waals surface area contributed by atoms with Crippen molar-refractivity contribution in [1.29, 1.82) is 0 Å². The molecule has 2 unspecified atom stereocenters. The molecule has 1 fully saturated rings. The highest BCUT2D eigenvalue weighted by Gasteiger charge is 2.23. The first-order valence-electron chi connectivity index (χ1n) is 7.91. The van der Waals surface area contributed by atoms with Gasteiger partial charge in [-0.2, -0.15) is 9.90 Å².